The summed E-state index contributed by atoms with van der Waals surface area (Å²) in [6.45, 7) is 10.9. The predicted molar refractivity (Wildman–Crippen MR) is 134 cm³/mol. The molecule has 0 amide bonds. The molecule has 3 heteroatoms. The summed E-state index contributed by atoms with van der Waals surface area (Å²) >= 11 is 1.72. The Balaban J connectivity index is 1.81. The van der Waals surface area contributed by atoms with Crippen molar-refractivity contribution in [3.63, 3.8) is 0 Å². The Morgan fingerprint density at radius 2 is 1.61 bits per heavy atom. The van der Waals surface area contributed by atoms with Gasteiger partial charge in [-0.3, -0.25) is 0 Å². The van der Waals surface area contributed by atoms with Crippen LogP contribution in [0.5, 0.6) is 0 Å². The van der Waals surface area contributed by atoms with Gasteiger partial charge in [-0.05, 0) is 58.9 Å². The Labute approximate surface area is 189 Å². The summed E-state index contributed by atoms with van der Waals surface area (Å²) < 4.78 is 9.37. The third kappa shape index (κ3) is 3.43. The third-order valence-electron chi connectivity index (χ3n) is 5.91. The number of benzene rings is 3. The van der Waals surface area contributed by atoms with E-state index < -0.39 is 0 Å². The lowest BCUT2D eigenvalue weighted by Crippen LogP contribution is -2.12. The van der Waals surface area contributed by atoms with Crippen LogP contribution in [0.2, 0.25) is 0 Å². The molecule has 0 N–H and O–H groups in total. The van der Waals surface area contributed by atoms with Crippen LogP contribution in [0, 0.1) is 13.8 Å². The van der Waals surface area contributed by atoms with Gasteiger partial charge < -0.3 is 0 Å². The number of aromatic nitrogens is 2. The van der Waals surface area contributed by atoms with Crippen LogP contribution in [0.15, 0.2) is 67.0 Å². The van der Waals surface area contributed by atoms with Crippen LogP contribution < -0.4 is 0 Å². The van der Waals surface area contributed by atoms with Gasteiger partial charge in [0.15, 0.2) is 0 Å². The largest absolute Gasteiger partial charge is 0.235 e. The monoisotopic (exact) mass is 423 g/mol. The molecule has 5 aromatic rings. The van der Waals surface area contributed by atoms with Gasteiger partial charge in [-0.25, -0.2) is 9.97 Å². The number of hydrogen-bond donors (Lipinski definition) is 0. The average Bonchev–Trinajstić information content (AvgIpc) is 3.08. The van der Waals surface area contributed by atoms with Crippen LogP contribution in [0.4, 0.5) is 0 Å². The van der Waals surface area contributed by atoms with Gasteiger partial charge in [-0.2, -0.15) is 0 Å². The van der Waals surface area contributed by atoms with E-state index in [1.807, 2.05) is 0 Å². The molecule has 0 spiro atoms. The molecule has 0 aliphatic carbocycles. The van der Waals surface area contributed by atoms with Crippen molar-refractivity contribution in [1.29, 1.82) is 0 Å². The number of rotatable bonds is 2. The van der Waals surface area contributed by atoms with Gasteiger partial charge >= 0.3 is 0 Å². The fraction of sp³-hybridized carbons (Fsp3) is 0.214. The molecule has 0 radical (unpaired) electrons. The first kappa shape index (κ1) is 18.7. The van der Waals surface area contributed by atoms with Crippen molar-refractivity contribution in [2.45, 2.75) is 40.0 Å². The van der Waals surface area contributed by atoms with E-state index in [2.05, 4.69) is 105 Å². The van der Waals surface area contributed by atoms with Crippen LogP contribution in [0.1, 0.15) is 38.8 Å². The molecular formula is C28H26N2S. The molecule has 0 saturated heterocycles. The SMILES string of the molecule is [2H]c1nc(-c2cc(C(C)(C)C)c3ccccc3c2)c2sc(-c3ccc(C)cc3)c(C)c2n1. The van der Waals surface area contributed by atoms with E-state index in [9.17, 15) is 0 Å². The smallest absolute Gasteiger partial charge is 0.116 e. The molecule has 0 aliphatic rings. The highest BCUT2D eigenvalue weighted by atomic mass is 32.1. The molecule has 5 rings (SSSR count). The van der Waals surface area contributed by atoms with Gasteiger partial charge in [0, 0.05) is 10.4 Å². The minimum Gasteiger partial charge on any atom is -0.235 e. The molecule has 154 valence electrons. The van der Waals surface area contributed by atoms with Crippen molar-refractivity contribution in [3.05, 3.63) is 83.7 Å². The van der Waals surface area contributed by atoms with Crippen LogP contribution in [-0.2, 0) is 5.41 Å². The fourth-order valence-electron chi connectivity index (χ4n) is 4.22. The summed E-state index contributed by atoms with van der Waals surface area (Å²) in [4.78, 5) is 10.3. The van der Waals surface area contributed by atoms with E-state index >= 15 is 0 Å². The predicted octanol–water partition coefficient (Wildman–Crippen LogP) is 8.09. The Hall–Kier alpha value is -3.04. The minimum absolute atomic E-state index is 0.00994. The van der Waals surface area contributed by atoms with Crippen LogP contribution in [0.3, 0.4) is 0 Å². The van der Waals surface area contributed by atoms with Crippen molar-refractivity contribution in [2.24, 2.45) is 0 Å². The summed E-state index contributed by atoms with van der Waals surface area (Å²) in [5.41, 5.74) is 7.60. The lowest BCUT2D eigenvalue weighted by molar-refractivity contribution is 0.596. The summed E-state index contributed by atoms with van der Waals surface area (Å²) in [7, 11) is 0. The quantitative estimate of drug-likeness (QED) is 0.287. The van der Waals surface area contributed by atoms with Crippen molar-refractivity contribution in [3.8, 4) is 21.7 Å². The van der Waals surface area contributed by atoms with E-state index in [-0.39, 0.29) is 11.7 Å². The van der Waals surface area contributed by atoms with Crippen molar-refractivity contribution in [2.75, 3.05) is 0 Å². The third-order valence-corrected chi connectivity index (χ3v) is 7.25. The maximum Gasteiger partial charge on any atom is 0.116 e. The van der Waals surface area contributed by atoms with Crippen molar-refractivity contribution >= 4 is 32.3 Å². The lowest BCUT2D eigenvalue weighted by Gasteiger charge is -2.22. The zero-order chi connectivity index (χ0) is 22.6. The first-order chi connectivity index (χ1) is 15.2. The minimum atomic E-state index is -0.00994. The number of nitrogens with zero attached hydrogens (tertiary/aromatic N) is 2. The fourth-order valence-corrected chi connectivity index (χ4v) is 5.48. The molecule has 31 heavy (non-hydrogen) atoms. The lowest BCUT2D eigenvalue weighted by atomic mass is 9.82. The highest BCUT2D eigenvalue weighted by Crippen LogP contribution is 2.42. The number of thiophene rings is 1. The van der Waals surface area contributed by atoms with E-state index in [0.29, 0.717) is 0 Å². The molecule has 0 atom stereocenters. The van der Waals surface area contributed by atoms with Crippen LogP contribution in [-0.4, -0.2) is 9.97 Å². The van der Waals surface area contributed by atoms with Gasteiger partial charge in [0.05, 0.1) is 15.9 Å². The van der Waals surface area contributed by atoms with E-state index in [1.165, 1.54) is 32.3 Å². The van der Waals surface area contributed by atoms with E-state index in [0.717, 1.165) is 27.0 Å². The van der Waals surface area contributed by atoms with Crippen molar-refractivity contribution in [1.82, 2.24) is 9.97 Å². The van der Waals surface area contributed by atoms with Gasteiger partial charge in [0.25, 0.3) is 0 Å². The second kappa shape index (κ2) is 7.28. The van der Waals surface area contributed by atoms with Gasteiger partial charge in [-0.15, -0.1) is 11.3 Å². The summed E-state index contributed by atoms with van der Waals surface area (Å²) in [6, 6.07) is 21.6. The molecule has 0 aliphatic heterocycles. The molecule has 2 heterocycles. The zero-order valence-corrected chi connectivity index (χ0v) is 19.4. The first-order valence-electron chi connectivity index (χ1n) is 11.1. The highest BCUT2D eigenvalue weighted by Gasteiger charge is 2.21. The summed E-state index contributed by atoms with van der Waals surface area (Å²) in [5.74, 6) is 0. The Bertz CT molecular complexity index is 1470. The Morgan fingerprint density at radius 3 is 2.35 bits per heavy atom. The summed E-state index contributed by atoms with van der Waals surface area (Å²) in [5, 5.41) is 2.46. The Morgan fingerprint density at radius 1 is 0.871 bits per heavy atom. The molecule has 0 bridgehead atoms. The Kier molecular flexibility index (Phi) is 4.39. The number of hydrogen-bond acceptors (Lipinski definition) is 3. The topological polar surface area (TPSA) is 25.8 Å². The zero-order valence-electron chi connectivity index (χ0n) is 19.6. The van der Waals surface area contributed by atoms with E-state index in [4.69, 9.17) is 1.37 Å². The number of aryl methyl sites for hydroxylation is 2. The molecule has 0 fully saturated rings. The normalized spacial score (nSPS) is 12.5. The van der Waals surface area contributed by atoms with Gasteiger partial charge in [0.1, 0.15) is 7.67 Å². The maximum absolute atomic E-state index is 8.33. The highest BCUT2D eigenvalue weighted by molar-refractivity contribution is 7.23. The maximum atomic E-state index is 8.33. The second-order valence-corrected chi connectivity index (χ2v) is 10.3. The van der Waals surface area contributed by atoms with Gasteiger partial charge in [0.2, 0.25) is 0 Å². The molecule has 3 aromatic carbocycles. The summed E-state index contributed by atoms with van der Waals surface area (Å²) in [6.07, 6.45) is 0.0642. The molecule has 2 nitrogen and oxygen atoms in total. The van der Waals surface area contributed by atoms with Crippen LogP contribution >= 0.6 is 11.3 Å². The van der Waals surface area contributed by atoms with Crippen molar-refractivity contribution < 1.29 is 1.37 Å². The number of fused-ring (bicyclic) bond motifs is 2. The second-order valence-electron chi connectivity index (χ2n) is 9.27. The molecule has 2 aromatic heterocycles. The first-order valence-corrected chi connectivity index (χ1v) is 11.4. The van der Waals surface area contributed by atoms with E-state index in [1.54, 1.807) is 11.3 Å². The van der Waals surface area contributed by atoms with Gasteiger partial charge in [-0.1, -0.05) is 74.9 Å². The standard InChI is InChI=1S/C28H26N2S/c1-17-10-12-19(13-11-17)26-18(2)24-27(31-26)25(30-16-29-24)21-14-20-8-6-7-9-22(20)23(15-21)28(3,4)5/h6-16H,1-5H3/i16D. The molecule has 0 unspecified atom stereocenters. The average molecular weight is 424 g/mol. The molecular weight excluding hydrogens is 396 g/mol. The molecule has 0 saturated carbocycles. The van der Waals surface area contributed by atoms with Crippen LogP contribution in [0.25, 0.3) is 42.7 Å².